The predicted octanol–water partition coefficient (Wildman–Crippen LogP) is 4.13. The number of benzene rings is 2. The zero-order chi connectivity index (χ0) is 15.7. The highest BCUT2D eigenvalue weighted by Gasteiger charge is 2.16. The van der Waals surface area contributed by atoms with Gasteiger partial charge in [0.2, 0.25) is 0 Å². The van der Waals surface area contributed by atoms with Crippen LogP contribution in [0.4, 0.5) is 4.39 Å². The summed E-state index contributed by atoms with van der Waals surface area (Å²) in [5.74, 6) is 0.0718. The molecule has 0 aliphatic carbocycles. The minimum atomic E-state index is -0.463. The molecule has 112 valence electrons. The summed E-state index contributed by atoms with van der Waals surface area (Å²) in [4.78, 5) is 17.4. The van der Waals surface area contributed by atoms with Gasteiger partial charge in [0, 0.05) is 6.42 Å². The molecule has 0 aliphatic rings. The highest BCUT2D eigenvalue weighted by molar-refractivity contribution is 6.35. The molecule has 0 radical (unpaired) electrons. The topological polar surface area (TPSA) is 34.9 Å². The molecule has 0 saturated carbocycles. The Hall–Kier alpha value is -2.20. The third-order valence-corrected chi connectivity index (χ3v) is 3.80. The Morgan fingerprint density at radius 2 is 1.95 bits per heavy atom. The smallest absolute Gasteiger partial charge is 0.267 e. The Morgan fingerprint density at radius 1 is 1.18 bits per heavy atom. The van der Waals surface area contributed by atoms with Crippen LogP contribution in [0.3, 0.4) is 0 Å². The van der Waals surface area contributed by atoms with Crippen molar-refractivity contribution in [3.8, 4) is 5.69 Å². The van der Waals surface area contributed by atoms with Gasteiger partial charge < -0.3 is 0 Å². The number of rotatable bonds is 3. The average molecular weight is 317 g/mol. The highest BCUT2D eigenvalue weighted by atomic mass is 35.5. The average Bonchev–Trinajstić information content (AvgIpc) is 2.49. The van der Waals surface area contributed by atoms with Crippen molar-refractivity contribution in [1.29, 1.82) is 0 Å². The fourth-order valence-electron chi connectivity index (χ4n) is 2.51. The fraction of sp³-hybridized carbons (Fsp3) is 0.176. The first kappa shape index (κ1) is 14.7. The first-order chi connectivity index (χ1) is 10.6. The van der Waals surface area contributed by atoms with Crippen molar-refractivity contribution < 1.29 is 4.39 Å². The van der Waals surface area contributed by atoms with Crippen LogP contribution in [-0.4, -0.2) is 9.55 Å². The van der Waals surface area contributed by atoms with Crippen molar-refractivity contribution >= 4 is 22.5 Å². The molecule has 2 aromatic carbocycles. The van der Waals surface area contributed by atoms with Gasteiger partial charge in [0.1, 0.15) is 11.6 Å². The lowest BCUT2D eigenvalue weighted by atomic mass is 10.2. The Morgan fingerprint density at radius 3 is 2.68 bits per heavy atom. The van der Waals surface area contributed by atoms with Crippen LogP contribution in [0.25, 0.3) is 16.6 Å². The van der Waals surface area contributed by atoms with Gasteiger partial charge >= 0.3 is 0 Å². The van der Waals surface area contributed by atoms with Crippen LogP contribution in [0.1, 0.15) is 19.2 Å². The lowest BCUT2D eigenvalue weighted by Crippen LogP contribution is -2.25. The molecule has 0 N–H and O–H groups in total. The van der Waals surface area contributed by atoms with E-state index in [1.807, 2.05) is 6.92 Å². The van der Waals surface area contributed by atoms with Crippen molar-refractivity contribution in [2.45, 2.75) is 19.8 Å². The van der Waals surface area contributed by atoms with Gasteiger partial charge in [-0.1, -0.05) is 36.7 Å². The van der Waals surface area contributed by atoms with Gasteiger partial charge in [0.25, 0.3) is 5.56 Å². The second kappa shape index (κ2) is 5.89. The number of hydrogen-bond acceptors (Lipinski definition) is 2. The van der Waals surface area contributed by atoms with E-state index in [0.29, 0.717) is 28.2 Å². The molecule has 22 heavy (non-hydrogen) atoms. The Bertz CT molecular complexity index is 905. The number of fused-ring (bicyclic) bond motifs is 1. The molecule has 0 amide bonds. The van der Waals surface area contributed by atoms with E-state index in [0.717, 1.165) is 6.42 Å². The molecule has 3 rings (SSSR count). The van der Waals surface area contributed by atoms with Crippen LogP contribution in [0.15, 0.2) is 47.3 Å². The lowest BCUT2D eigenvalue weighted by Gasteiger charge is -2.14. The molecule has 3 aromatic rings. The number of para-hydroxylation sites is 1. The lowest BCUT2D eigenvalue weighted by molar-refractivity contribution is 0.610. The normalized spacial score (nSPS) is 11.0. The van der Waals surface area contributed by atoms with E-state index in [2.05, 4.69) is 4.98 Å². The van der Waals surface area contributed by atoms with Gasteiger partial charge in [0.15, 0.2) is 0 Å². The molecule has 1 heterocycles. The molecule has 0 saturated heterocycles. The maximum atomic E-state index is 14.2. The second-order valence-electron chi connectivity index (χ2n) is 5.00. The van der Waals surface area contributed by atoms with Gasteiger partial charge in [-0.2, -0.15) is 0 Å². The van der Waals surface area contributed by atoms with E-state index < -0.39 is 5.82 Å². The van der Waals surface area contributed by atoms with E-state index >= 15 is 0 Å². The van der Waals surface area contributed by atoms with Crippen molar-refractivity contribution in [2.24, 2.45) is 0 Å². The molecule has 0 fully saturated rings. The van der Waals surface area contributed by atoms with Crippen molar-refractivity contribution in [2.75, 3.05) is 0 Å². The zero-order valence-electron chi connectivity index (χ0n) is 12.0. The predicted molar refractivity (Wildman–Crippen MR) is 86.3 cm³/mol. The van der Waals surface area contributed by atoms with Crippen molar-refractivity contribution in [3.63, 3.8) is 0 Å². The SMILES string of the molecule is CCCc1nc2cccc(Cl)c2c(=O)n1-c1ccccc1F. The first-order valence-corrected chi connectivity index (χ1v) is 7.46. The van der Waals surface area contributed by atoms with Crippen LogP contribution < -0.4 is 5.56 Å². The number of hydrogen-bond donors (Lipinski definition) is 0. The third-order valence-electron chi connectivity index (χ3n) is 3.48. The van der Waals surface area contributed by atoms with Crippen LogP contribution in [0, 0.1) is 5.82 Å². The second-order valence-corrected chi connectivity index (χ2v) is 5.41. The number of aryl methyl sites for hydroxylation is 1. The summed E-state index contributed by atoms with van der Waals surface area (Å²) >= 11 is 6.14. The molecule has 1 aromatic heterocycles. The Balaban J connectivity index is 2.44. The summed E-state index contributed by atoms with van der Waals surface area (Å²) in [5.41, 5.74) is 0.392. The summed E-state index contributed by atoms with van der Waals surface area (Å²) in [6, 6.07) is 11.3. The number of aromatic nitrogens is 2. The van der Waals surface area contributed by atoms with Crippen LogP contribution >= 0.6 is 11.6 Å². The molecular weight excluding hydrogens is 303 g/mol. The fourth-order valence-corrected chi connectivity index (χ4v) is 2.76. The van der Waals surface area contributed by atoms with E-state index in [1.165, 1.54) is 10.6 Å². The van der Waals surface area contributed by atoms with Gasteiger partial charge in [-0.3, -0.25) is 9.36 Å². The number of halogens is 2. The Kier molecular flexibility index (Phi) is 3.94. The van der Waals surface area contributed by atoms with Gasteiger partial charge in [-0.15, -0.1) is 0 Å². The Labute approximate surface area is 132 Å². The maximum absolute atomic E-state index is 14.2. The van der Waals surface area contributed by atoms with Crippen molar-refractivity contribution in [1.82, 2.24) is 9.55 Å². The first-order valence-electron chi connectivity index (χ1n) is 7.08. The minimum absolute atomic E-state index is 0.199. The molecule has 0 spiro atoms. The van der Waals surface area contributed by atoms with Crippen LogP contribution in [0.2, 0.25) is 5.02 Å². The maximum Gasteiger partial charge on any atom is 0.267 e. The monoisotopic (exact) mass is 316 g/mol. The summed E-state index contributed by atoms with van der Waals surface area (Å²) in [6.45, 7) is 1.99. The number of nitrogens with zero attached hydrogens (tertiary/aromatic N) is 2. The molecule has 5 heteroatoms. The zero-order valence-corrected chi connectivity index (χ0v) is 12.8. The van der Waals surface area contributed by atoms with Crippen LogP contribution in [-0.2, 0) is 6.42 Å². The van der Waals surface area contributed by atoms with Gasteiger partial charge in [-0.05, 0) is 30.7 Å². The molecule has 0 atom stereocenters. The molecule has 0 aliphatic heterocycles. The third kappa shape index (κ3) is 2.40. The van der Waals surface area contributed by atoms with E-state index in [9.17, 15) is 9.18 Å². The van der Waals surface area contributed by atoms with Crippen LogP contribution in [0.5, 0.6) is 0 Å². The summed E-state index contributed by atoms with van der Waals surface area (Å²) < 4.78 is 15.5. The molecule has 0 unspecified atom stereocenters. The summed E-state index contributed by atoms with van der Waals surface area (Å²) in [7, 11) is 0. The van der Waals surface area contributed by atoms with E-state index in [4.69, 9.17) is 11.6 Å². The van der Waals surface area contributed by atoms with E-state index in [-0.39, 0.29) is 11.2 Å². The summed E-state index contributed by atoms with van der Waals surface area (Å²) in [5, 5.41) is 0.635. The quantitative estimate of drug-likeness (QED) is 0.728. The standard InChI is InChI=1S/C17H14ClFN2O/c1-2-6-15-20-13-9-5-7-11(18)16(13)17(22)21(15)14-10-4-3-8-12(14)19/h3-5,7-10H,2,6H2,1H3. The van der Waals surface area contributed by atoms with E-state index in [1.54, 1.807) is 36.4 Å². The molecule has 3 nitrogen and oxygen atoms in total. The molecular formula is C17H14ClFN2O. The van der Waals surface area contributed by atoms with Crippen molar-refractivity contribution in [3.05, 3.63) is 69.5 Å². The van der Waals surface area contributed by atoms with Gasteiger partial charge in [0.05, 0.1) is 21.6 Å². The molecule has 0 bridgehead atoms. The van der Waals surface area contributed by atoms with Gasteiger partial charge in [-0.25, -0.2) is 9.37 Å². The summed E-state index contributed by atoms with van der Waals surface area (Å²) in [6.07, 6.45) is 1.37. The largest absolute Gasteiger partial charge is 0.268 e. The minimum Gasteiger partial charge on any atom is -0.268 e. The highest BCUT2D eigenvalue weighted by Crippen LogP contribution is 2.21.